The molecule has 3 aliphatic rings. The number of rotatable bonds is 6. The Kier molecular flexibility index (Phi) is 7.77. The van der Waals surface area contributed by atoms with Crippen LogP contribution in [0.4, 0.5) is 42.8 Å². The lowest BCUT2D eigenvalue weighted by Gasteiger charge is -2.35. The fourth-order valence-corrected chi connectivity index (χ4v) is 6.46. The molecule has 1 amide bonds. The number of benzene rings is 1. The first-order valence-corrected chi connectivity index (χ1v) is 14.6. The summed E-state index contributed by atoms with van der Waals surface area (Å²) in [5.74, 6) is -0.168. The number of nitrogens with zero attached hydrogens (tertiary/aromatic N) is 5. The summed E-state index contributed by atoms with van der Waals surface area (Å²) < 4.78 is 131. The smallest absolute Gasteiger partial charge is 0.489 e. The van der Waals surface area contributed by atoms with Crippen LogP contribution in [0.1, 0.15) is 11.4 Å². The van der Waals surface area contributed by atoms with Crippen LogP contribution >= 0.6 is 0 Å². The number of hydrogen-bond donors (Lipinski definition) is 0. The fourth-order valence-electron chi connectivity index (χ4n) is 4.63. The van der Waals surface area contributed by atoms with Gasteiger partial charge in [0.25, 0.3) is 11.1 Å². The number of piperazine rings is 1. The largest absolute Gasteiger partial charge is 0.497 e. The Balaban J connectivity index is 1.27. The minimum Gasteiger partial charge on any atom is -0.489 e. The Bertz CT molecular complexity index is 1520. The lowest BCUT2D eigenvalue weighted by Crippen LogP contribution is -2.49. The monoisotopic (exact) mass is 645 g/mol. The number of carbonyl (C=O) groups excluding carboxylic acids is 1. The number of halogens is 6. The van der Waals surface area contributed by atoms with Crippen molar-refractivity contribution in [2.75, 3.05) is 49.2 Å². The number of alkyl halides is 6. The maximum Gasteiger partial charge on any atom is 0.497 e. The normalized spacial score (nSPS) is 22.3. The lowest BCUT2D eigenvalue weighted by atomic mass is 10.1. The number of fused-ring (bicyclic) bond motifs is 3. The van der Waals surface area contributed by atoms with Crippen molar-refractivity contribution in [2.24, 2.45) is 0 Å². The maximum absolute atomic E-state index is 13.4. The molecule has 2 aromatic rings. The topological polar surface area (TPSA) is 131 Å². The minimum atomic E-state index is -5.11. The predicted octanol–water partition coefficient (Wildman–Crippen LogP) is 2.60. The summed E-state index contributed by atoms with van der Waals surface area (Å²) in [5.41, 5.74) is -6.00. The SMILES string of the molecule is Cc1cc(C(F)(F)F)nc(N2CCN(S(=O)(=O)c3ccc4c(c3)OC[C@H]3[C@@H](COS(=O)C(F)(F)F)OC(=O)N43)CC2)n1. The molecule has 5 rings (SSSR count). The summed E-state index contributed by atoms with van der Waals surface area (Å²) in [4.78, 5) is 22.5. The Morgan fingerprint density at radius 2 is 1.76 bits per heavy atom. The molecule has 1 aromatic heterocycles. The third-order valence-corrected chi connectivity index (χ3v) is 9.25. The summed E-state index contributed by atoms with van der Waals surface area (Å²) >= 11 is -3.61. The van der Waals surface area contributed by atoms with Crippen molar-refractivity contribution >= 4 is 38.8 Å². The summed E-state index contributed by atoms with van der Waals surface area (Å²) in [6, 6.07) is 3.56. The standard InChI is InChI=1S/C22H21F6N5O7S2/c1-12-8-18(21(23,24)25)30-19(29-12)31-4-6-32(7-5-31)42(36,37)13-2-3-14-16(9-13)38-10-15-17(40-20(34)33(14)15)11-39-41(35)22(26,27)28/h2-3,8-9,15,17H,4-7,10-11H2,1H3/t15-,17+,41?/m0/s1. The molecule has 230 valence electrons. The second-order valence-electron chi connectivity index (χ2n) is 9.35. The van der Waals surface area contributed by atoms with Crippen LogP contribution in [0.3, 0.4) is 0 Å². The second kappa shape index (κ2) is 10.8. The zero-order chi connectivity index (χ0) is 30.6. The molecule has 4 heterocycles. The Morgan fingerprint density at radius 1 is 1.07 bits per heavy atom. The van der Waals surface area contributed by atoms with E-state index < -0.39 is 63.3 Å². The number of amides is 1. The van der Waals surface area contributed by atoms with Gasteiger partial charge >= 0.3 is 17.8 Å². The van der Waals surface area contributed by atoms with Gasteiger partial charge in [0.1, 0.15) is 30.7 Å². The molecule has 0 spiro atoms. The molecule has 3 aliphatic heterocycles. The van der Waals surface area contributed by atoms with Gasteiger partial charge in [-0.15, -0.1) is 0 Å². The van der Waals surface area contributed by atoms with Crippen LogP contribution in [0, 0.1) is 6.92 Å². The highest BCUT2D eigenvalue weighted by Gasteiger charge is 2.48. The molecule has 0 bridgehead atoms. The first kappa shape index (κ1) is 30.2. The van der Waals surface area contributed by atoms with E-state index in [0.29, 0.717) is 0 Å². The van der Waals surface area contributed by atoms with Crippen molar-refractivity contribution < 1.29 is 57.4 Å². The van der Waals surface area contributed by atoms with E-state index in [1.807, 2.05) is 0 Å². The number of ether oxygens (including phenoxy) is 2. The highest BCUT2D eigenvalue weighted by Crippen LogP contribution is 2.41. The molecule has 12 nitrogen and oxygen atoms in total. The second-order valence-corrected chi connectivity index (χ2v) is 12.5. The highest BCUT2D eigenvalue weighted by molar-refractivity contribution is 7.89. The number of anilines is 2. The van der Waals surface area contributed by atoms with E-state index in [-0.39, 0.29) is 60.8 Å². The molecule has 20 heteroatoms. The van der Waals surface area contributed by atoms with E-state index in [1.165, 1.54) is 30.0 Å². The van der Waals surface area contributed by atoms with Gasteiger partial charge in [0.2, 0.25) is 16.0 Å². The number of carbonyl (C=O) groups is 1. The number of hydrogen-bond acceptors (Lipinski definition) is 10. The number of sulfonamides is 1. The summed E-state index contributed by atoms with van der Waals surface area (Å²) in [6.07, 6.45) is -6.84. The molecule has 0 saturated carbocycles. The Labute approximate surface area is 236 Å². The zero-order valence-corrected chi connectivity index (χ0v) is 23.0. The van der Waals surface area contributed by atoms with Crippen LogP contribution in [0.5, 0.6) is 5.75 Å². The molecule has 0 radical (unpaired) electrons. The van der Waals surface area contributed by atoms with Crippen molar-refractivity contribution in [3.05, 3.63) is 35.7 Å². The maximum atomic E-state index is 13.4. The molecule has 1 aromatic carbocycles. The van der Waals surface area contributed by atoms with Crippen molar-refractivity contribution in [3.63, 3.8) is 0 Å². The summed E-state index contributed by atoms with van der Waals surface area (Å²) in [7, 11) is -4.11. The van der Waals surface area contributed by atoms with Crippen LogP contribution in [0.15, 0.2) is 29.2 Å². The Hall–Kier alpha value is -3.23. The van der Waals surface area contributed by atoms with Crippen LogP contribution in [-0.4, -0.2) is 90.0 Å². The van der Waals surface area contributed by atoms with Gasteiger partial charge in [-0.25, -0.2) is 27.4 Å². The van der Waals surface area contributed by atoms with Gasteiger partial charge in [-0.2, -0.15) is 30.6 Å². The zero-order valence-electron chi connectivity index (χ0n) is 21.4. The predicted molar refractivity (Wildman–Crippen MR) is 131 cm³/mol. The number of aryl methyl sites for hydroxylation is 1. The fraction of sp³-hybridized carbons (Fsp3) is 0.500. The average Bonchev–Trinajstić information content (AvgIpc) is 3.25. The van der Waals surface area contributed by atoms with E-state index in [4.69, 9.17) is 9.47 Å². The molecule has 42 heavy (non-hydrogen) atoms. The van der Waals surface area contributed by atoms with Gasteiger partial charge in [-0.05, 0) is 25.1 Å². The third kappa shape index (κ3) is 5.84. The molecule has 2 fully saturated rings. The van der Waals surface area contributed by atoms with E-state index in [9.17, 15) is 43.8 Å². The first-order chi connectivity index (χ1) is 19.6. The molecular formula is C22H21F6N5O7S2. The summed E-state index contributed by atoms with van der Waals surface area (Å²) in [6.45, 7) is 0.177. The third-order valence-electron chi connectivity index (χ3n) is 6.63. The average molecular weight is 646 g/mol. The van der Waals surface area contributed by atoms with Crippen LogP contribution in [0.2, 0.25) is 0 Å². The van der Waals surface area contributed by atoms with E-state index >= 15 is 0 Å². The quantitative estimate of drug-likeness (QED) is 0.432. The van der Waals surface area contributed by atoms with Gasteiger partial charge in [0.15, 0.2) is 6.10 Å². The van der Waals surface area contributed by atoms with Gasteiger partial charge in [-0.3, -0.25) is 9.08 Å². The van der Waals surface area contributed by atoms with Crippen LogP contribution in [-0.2, 0) is 36.2 Å². The highest BCUT2D eigenvalue weighted by atomic mass is 32.2. The van der Waals surface area contributed by atoms with Gasteiger partial charge in [0, 0.05) is 37.9 Å². The van der Waals surface area contributed by atoms with Crippen LogP contribution in [0.25, 0.3) is 0 Å². The van der Waals surface area contributed by atoms with Gasteiger partial charge in [-0.1, -0.05) is 0 Å². The van der Waals surface area contributed by atoms with Gasteiger partial charge < -0.3 is 14.4 Å². The van der Waals surface area contributed by atoms with Crippen molar-refractivity contribution in [1.82, 2.24) is 14.3 Å². The number of aromatic nitrogens is 2. The first-order valence-electron chi connectivity index (χ1n) is 12.1. The van der Waals surface area contributed by atoms with E-state index in [0.717, 1.165) is 15.3 Å². The molecular weight excluding hydrogens is 624 g/mol. The summed E-state index contributed by atoms with van der Waals surface area (Å²) in [5, 5.41) is 0. The van der Waals surface area contributed by atoms with Gasteiger partial charge in [0.05, 0.1) is 10.6 Å². The lowest BCUT2D eigenvalue weighted by molar-refractivity contribution is -0.141. The van der Waals surface area contributed by atoms with Crippen LogP contribution < -0.4 is 14.5 Å². The van der Waals surface area contributed by atoms with Crippen molar-refractivity contribution in [3.8, 4) is 5.75 Å². The number of cyclic esters (lactones) is 1. The van der Waals surface area contributed by atoms with Crippen molar-refractivity contribution in [2.45, 2.75) is 35.6 Å². The molecule has 2 saturated heterocycles. The minimum absolute atomic E-state index is 0.00353. The molecule has 1 unspecified atom stereocenters. The Morgan fingerprint density at radius 3 is 2.40 bits per heavy atom. The molecule has 3 atom stereocenters. The van der Waals surface area contributed by atoms with E-state index in [2.05, 4.69) is 14.2 Å². The van der Waals surface area contributed by atoms with Crippen molar-refractivity contribution in [1.29, 1.82) is 0 Å². The van der Waals surface area contributed by atoms with E-state index in [1.54, 1.807) is 0 Å². The molecule has 0 N–H and O–H groups in total. The molecule has 0 aliphatic carbocycles.